The van der Waals surface area contributed by atoms with E-state index in [9.17, 15) is 9.90 Å². The fourth-order valence-corrected chi connectivity index (χ4v) is 4.85. The number of β-lactam (4-membered cyclic amide) rings is 1. The van der Waals surface area contributed by atoms with Gasteiger partial charge in [-0.25, -0.2) is 0 Å². The molecule has 1 fully saturated rings. The van der Waals surface area contributed by atoms with E-state index in [1.54, 1.807) is 7.11 Å². The zero-order valence-corrected chi connectivity index (χ0v) is 16.9. The highest BCUT2D eigenvalue weighted by Gasteiger charge is 2.63. The summed E-state index contributed by atoms with van der Waals surface area (Å²) in [6.45, 7) is 1.95. The number of fused-ring (bicyclic) bond motifs is 3. The minimum Gasteiger partial charge on any atom is -0.497 e. The molecule has 1 N–H and O–H groups in total. The van der Waals surface area contributed by atoms with Crippen LogP contribution in [0.3, 0.4) is 0 Å². The maximum Gasteiger partial charge on any atom is 0.255 e. The minimum atomic E-state index is -1.08. The minimum absolute atomic E-state index is 0.208. The first-order chi connectivity index (χ1) is 14.7. The molecule has 5 rings (SSSR count). The van der Waals surface area contributed by atoms with E-state index in [0.29, 0.717) is 19.6 Å². The molecule has 3 aromatic carbocycles. The molecule has 1 amide bonds. The lowest BCUT2D eigenvalue weighted by Crippen LogP contribution is -2.72. The second kappa shape index (κ2) is 7.18. The van der Waals surface area contributed by atoms with Crippen LogP contribution in [-0.2, 0) is 16.9 Å². The van der Waals surface area contributed by atoms with Crippen molar-refractivity contribution in [3.63, 3.8) is 0 Å². The summed E-state index contributed by atoms with van der Waals surface area (Å²) in [5.41, 5.74) is 3.27. The van der Waals surface area contributed by atoms with Crippen molar-refractivity contribution >= 4 is 11.6 Å². The quantitative estimate of drug-likeness (QED) is 0.684. The molecule has 1 saturated heterocycles. The number of hydrogen-bond acceptors (Lipinski definition) is 4. The lowest BCUT2D eigenvalue weighted by atomic mass is 9.70. The van der Waals surface area contributed by atoms with E-state index in [4.69, 9.17) is 4.74 Å². The van der Waals surface area contributed by atoms with Gasteiger partial charge in [0.15, 0.2) is 6.10 Å². The summed E-state index contributed by atoms with van der Waals surface area (Å²) in [5, 5.41) is 11.0. The predicted molar refractivity (Wildman–Crippen MR) is 115 cm³/mol. The van der Waals surface area contributed by atoms with Crippen LogP contribution >= 0.6 is 0 Å². The summed E-state index contributed by atoms with van der Waals surface area (Å²) in [7, 11) is 1.66. The highest BCUT2D eigenvalue weighted by atomic mass is 16.5. The molecular weight excluding hydrogens is 376 g/mol. The van der Waals surface area contributed by atoms with Crippen LogP contribution in [-0.4, -0.2) is 42.2 Å². The van der Waals surface area contributed by atoms with Gasteiger partial charge in [0.25, 0.3) is 5.91 Å². The molecule has 0 unspecified atom stereocenters. The summed E-state index contributed by atoms with van der Waals surface area (Å²) < 4.78 is 5.27. The van der Waals surface area contributed by atoms with Crippen molar-refractivity contribution in [3.05, 3.63) is 95.6 Å². The number of rotatable bonds is 4. The Morgan fingerprint density at radius 1 is 0.967 bits per heavy atom. The standard InChI is InChI=1S/C25H24N2O3/c1-30-20-13-11-18(12-14-20)17-26-15-16-27-24(29)23(28)25(27,19-7-3-2-4-8-19)21-9-5-6-10-22(21)26/h2-14,23,28H,15-17H2,1H3/t23-,25-/m1/s1. The molecule has 152 valence electrons. The molecule has 5 heteroatoms. The molecule has 2 aliphatic rings. The number of anilines is 1. The van der Waals surface area contributed by atoms with Gasteiger partial charge in [0, 0.05) is 30.9 Å². The maximum atomic E-state index is 12.7. The molecule has 0 spiro atoms. The van der Waals surface area contributed by atoms with E-state index in [0.717, 1.165) is 28.1 Å². The highest BCUT2D eigenvalue weighted by Crippen LogP contribution is 2.51. The van der Waals surface area contributed by atoms with Crippen LogP contribution in [0.25, 0.3) is 0 Å². The summed E-state index contributed by atoms with van der Waals surface area (Å²) in [4.78, 5) is 16.8. The molecule has 0 aliphatic carbocycles. The van der Waals surface area contributed by atoms with E-state index in [1.807, 2.05) is 65.6 Å². The first-order valence-corrected chi connectivity index (χ1v) is 10.2. The van der Waals surface area contributed by atoms with Crippen molar-refractivity contribution in [2.45, 2.75) is 18.2 Å². The molecule has 3 aromatic rings. The Balaban J connectivity index is 1.61. The molecule has 2 aliphatic heterocycles. The van der Waals surface area contributed by atoms with Gasteiger partial charge in [-0.15, -0.1) is 0 Å². The number of hydrogen-bond donors (Lipinski definition) is 1. The highest BCUT2D eigenvalue weighted by molar-refractivity contribution is 5.94. The number of aliphatic hydroxyl groups is 1. The van der Waals surface area contributed by atoms with E-state index in [2.05, 4.69) is 23.1 Å². The molecule has 0 saturated carbocycles. The average molecular weight is 400 g/mol. The zero-order chi connectivity index (χ0) is 20.7. The van der Waals surface area contributed by atoms with Gasteiger partial charge in [0.2, 0.25) is 0 Å². The maximum absolute atomic E-state index is 12.7. The number of nitrogens with zero attached hydrogens (tertiary/aromatic N) is 2. The summed E-state index contributed by atoms with van der Waals surface area (Å²) in [6.07, 6.45) is -1.08. The third kappa shape index (κ3) is 2.62. The average Bonchev–Trinajstić information content (AvgIpc) is 2.93. The van der Waals surface area contributed by atoms with Gasteiger partial charge in [-0.1, -0.05) is 60.7 Å². The van der Waals surface area contributed by atoms with Crippen molar-refractivity contribution in [3.8, 4) is 5.75 Å². The van der Waals surface area contributed by atoms with Crippen LogP contribution in [0, 0.1) is 0 Å². The fraction of sp³-hybridized carbons (Fsp3) is 0.240. The molecule has 0 bridgehead atoms. The van der Waals surface area contributed by atoms with E-state index >= 15 is 0 Å². The molecule has 0 aromatic heterocycles. The van der Waals surface area contributed by atoms with Crippen LogP contribution in [0.15, 0.2) is 78.9 Å². The van der Waals surface area contributed by atoms with Gasteiger partial charge in [-0.05, 0) is 29.3 Å². The van der Waals surface area contributed by atoms with E-state index in [1.165, 1.54) is 0 Å². The first-order valence-electron chi connectivity index (χ1n) is 10.2. The lowest BCUT2D eigenvalue weighted by Gasteiger charge is -2.55. The predicted octanol–water partition coefficient (Wildman–Crippen LogP) is 3.16. The van der Waals surface area contributed by atoms with E-state index in [-0.39, 0.29) is 5.91 Å². The van der Waals surface area contributed by atoms with Crippen molar-refractivity contribution in [2.75, 3.05) is 25.1 Å². The van der Waals surface area contributed by atoms with Crippen molar-refractivity contribution < 1.29 is 14.6 Å². The zero-order valence-electron chi connectivity index (χ0n) is 16.9. The topological polar surface area (TPSA) is 53.0 Å². The molecule has 30 heavy (non-hydrogen) atoms. The molecule has 2 heterocycles. The van der Waals surface area contributed by atoms with Crippen molar-refractivity contribution in [2.24, 2.45) is 0 Å². The molecule has 0 radical (unpaired) electrons. The van der Waals surface area contributed by atoms with Gasteiger partial charge >= 0.3 is 0 Å². The second-order valence-corrected chi connectivity index (χ2v) is 7.81. The summed E-state index contributed by atoms with van der Waals surface area (Å²) >= 11 is 0. The Labute approximate surface area is 176 Å². The fourth-order valence-electron chi connectivity index (χ4n) is 4.85. The largest absolute Gasteiger partial charge is 0.497 e. The number of amides is 1. The third-order valence-corrected chi connectivity index (χ3v) is 6.32. The monoisotopic (exact) mass is 400 g/mol. The van der Waals surface area contributed by atoms with Gasteiger partial charge in [-0.3, -0.25) is 4.79 Å². The van der Waals surface area contributed by atoms with Crippen molar-refractivity contribution in [1.82, 2.24) is 4.90 Å². The molecule has 5 nitrogen and oxygen atoms in total. The Morgan fingerprint density at radius 3 is 2.40 bits per heavy atom. The Hall–Kier alpha value is -3.31. The van der Waals surface area contributed by atoms with Crippen molar-refractivity contribution in [1.29, 1.82) is 0 Å². The summed E-state index contributed by atoms with van der Waals surface area (Å²) in [5.74, 6) is 0.621. The van der Waals surface area contributed by atoms with Crippen LogP contribution in [0.4, 0.5) is 5.69 Å². The van der Waals surface area contributed by atoms with Crippen LogP contribution in [0.1, 0.15) is 16.7 Å². The van der Waals surface area contributed by atoms with Crippen LogP contribution in [0.5, 0.6) is 5.75 Å². The smallest absolute Gasteiger partial charge is 0.255 e. The SMILES string of the molecule is COc1ccc(CN2CCN3C(=O)[C@@H](O)[C@@]3(c3ccccc3)c3ccccc32)cc1. The number of para-hydroxylation sites is 1. The van der Waals surface area contributed by atoms with Gasteiger partial charge in [0.05, 0.1) is 7.11 Å². The number of carbonyl (C=O) groups excluding carboxylic acids is 1. The number of methoxy groups -OCH3 is 1. The van der Waals surface area contributed by atoms with Gasteiger partial charge < -0.3 is 19.6 Å². The number of aliphatic hydroxyl groups excluding tert-OH is 1. The Bertz CT molecular complexity index is 1070. The van der Waals surface area contributed by atoms with Crippen LogP contribution in [0.2, 0.25) is 0 Å². The Morgan fingerprint density at radius 2 is 1.67 bits per heavy atom. The van der Waals surface area contributed by atoms with Crippen LogP contribution < -0.4 is 9.64 Å². The normalized spacial score (nSPS) is 22.6. The van der Waals surface area contributed by atoms with E-state index < -0.39 is 11.6 Å². The molecular formula is C25H24N2O3. The van der Waals surface area contributed by atoms with Gasteiger partial charge in [0.1, 0.15) is 11.3 Å². The first kappa shape index (κ1) is 18.7. The summed E-state index contributed by atoms with van der Waals surface area (Å²) in [6, 6.07) is 26.0. The lowest BCUT2D eigenvalue weighted by molar-refractivity contribution is -0.179. The Kier molecular flexibility index (Phi) is 4.48. The van der Waals surface area contributed by atoms with Gasteiger partial charge in [-0.2, -0.15) is 0 Å². The third-order valence-electron chi connectivity index (χ3n) is 6.32. The molecule has 2 atom stereocenters. The number of benzene rings is 3. The number of carbonyl (C=O) groups is 1. The second-order valence-electron chi connectivity index (χ2n) is 7.81. The number of ether oxygens (including phenoxy) is 1.